The van der Waals surface area contributed by atoms with Gasteiger partial charge in [-0.3, -0.25) is 0 Å². The molecule has 1 fully saturated rings. The van der Waals surface area contributed by atoms with Crippen LogP contribution in [-0.4, -0.2) is 37.5 Å². The quantitative estimate of drug-likeness (QED) is 0.707. The number of nitrogens with one attached hydrogen (secondary N) is 1. The summed E-state index contributed by atoms with van der Waals surface area (Å²) in [6, 6.07) is 0.490. The van der Waals surface area contributed by atoms with Gasteiger partial charge in [-0.1, -0.05) is 6.92 Å². The number of hydrogen-bond acceptors (Lipinski definition) is 3. The van der Waals surface area contributed by atoms with Crippen molar-refractivity contribution in [3.05, 3.63) is 0 Å². The van der Waals surface area contributed by atoms with Crippen LogP contribution >= 0.6 is 0 Å². The second-order valence-corrected chi connectivity index (χ2v) is 4.04. The van der Waals surface area contributed by atoms with Crippen LogP contribution in [0, 0.1) is 0 Å². The van der Waals surface area contributed by atoms with Crippen molar-refractivity contribution in [2.45, 2.75) is 58.5 Å². The number of hydrogen-bond donors (Lipinski definition) is 1. The van der Waals surface area contributed by atoms with Crippen LogP contribution in [0.4, 0.5) is 0 Å². The maximum atomic E-state index is 5.76. The first kappa shape index (κ1) is 12.0. The Hall–Kier alpha value is -0.120. The third-order valence-corrected chi connectivity index (χ3v) is 2.52. The minimum Gasteiger partial charge on any atom is -0.374 e. The zero-order valence-electron chi connectivity index (χ0n) is 9.75. The molecule has 0 radical (unpaired) electrons. The van der Waals surface area contributed by atoms with E-state index in [1.54, 1.807) is 0 Å². The summed E-state index contributed by atoms with van der Waals surface area (Å²) in [5.74, 6) is 0. The van der Waals surface area contributed by atoms with E-state index in [2.05, 4.69) is 26.1 Å². The monoisotopic (exact) mass is 201 g/mol. The molecule has 0 saturated heterocycles. The lowest BCUT2D eigenvalue weighted by Crippen LogP contribution is -2.60. The molecule has 0 aromatic heterocycles. The second kappa shape index (κ2) is 5.69. The van der Waals surface area contributed by atoms with Gasteiger partial charge in [-0.15, -0.1) is 0 Å². The molecule has 3 atom stereocenters. The van der Waals surface area contributed by atoms with Crippen LogP contribution in [0.15, 0.2) is 0 Å². The third-order valence-electron chi connectivity index (χ3n) is 2.52. The van der Waals surface area contributed by atoms with Gasteiger partial charge in [0.05, 0.1) is 18.3 Å². The summed E-state index contributed by atoms with van der Waals surface area (Å²) in [4.78, 5) is 0. The van der Waals surface area contributed by atoms with E-state index in [1.807, 2.05) is 6.92 Å². The molecular formula is C11H23NO2. The standard InChI is InChI=1S/C11H23NO2/c1-5-12-9-7-10(14-8(3)4)11(9)13-6-2/h8-12H,5-7H2,1-4H3. The van der Waals surface area contributed by atoms with E-state index >= 15 is 0 Å². The van der Waals surface area contributed by atoms with Gasteiger partial charge in [0.15, 0.2) is 0 Å². The minimum atomic E-state index is 0.252. The Kier molecular flexibility index (Phi) is 4.85. The number of ether oxygens (including phenoxy) is 2. The van der Waals surface area contributed by atoms with Gasteiger partial charge in [-0.2, -0.15) is 0 Å². The lowest BCUT2D eigenvalue weighted by Gasteiger charge is -2.44. The van der Waals surface area contributed by atoms with E-state index in [0.29, 0.717) is 18.2 Å². The molecule has 84 valence electrons. The van der Waals surface area contributed by atoms with Gasteiger partial charge < -0.3 is 14.8 Å². The molecule has 1 aliphatic carbocycles. The van der Waals surface area contributed by atoms with Crippen LogP contribution in [0.5, 0.6) is 0 Å². The zero-order chi connectivity index (χ0) is 10.6. The zero-order valence-corrected chi connectivity index (χ0v) is 9.75. The molecule has 3 nitrogen and oxygen atoms in total. The van der Waals surface area contributed by atoms with Crippen LogP contribution in [0.1, 0.15) is 34.1 Å². The highest BCUT2D eigenvalue weighted by Gasteiger charge is 2.42. The Morgan fingerprint density at radius 2 is 2.07 bits per heavy atom. The van der Waals surface area contributed by atoms with E-state index in [9.17, 15) is 0 Å². The van der Waals surface area contributed by atoms with Gasteiger partial charge in [0.25, 0.3) is 0 Å². The van der Waals surface area contributed by atoms with Gasteiger partial charge in [-0.05, 0) is 33.7 Å². The van der Waals surface area contributed by atoms with Crippen molar-refractivity contribution in [2.75, 3.05) is 13.2 Å². The Morgan fingerprint density at radius 1 is 1.36 bits per heavy atom. The first-order chi connectivity index (χ1) is 6.69. The first-order valence-corrected chi connectivity index (χ1v) is 5.69. The molecule has 0 aromatic carbocycles. The van der Waals surface area contributed by atoms with Crippen LogP contribution in [0.25, 0.3) is 0 Å². The summed E-state index contributed by atoms with van der Waals surface area (Å²) in [5, 5.41) is 3.42. The summed E-state index contributed by atoms with van der Waals surface area (Å²) in [5.41, 5.74) is 0. The highest BCUT2D eigenvalue weighted by Crippen LogP contribution is 2.28. The van der Waals surface area contributed by atoms with Crippen molar-refractivity contribution < 1.29 is 9.47 Å². The Labute approximate surface area is 87.2 Å². The third kappa shape index (κ3) is 2.94. The van der Waals surface area contributed by atoms with Crippen LogP contribution in [-0.2, 0) is 9.47 Å². The molecule has 1 saturated carbocycles. The molecule has 0 amide bonds. The fourth-order valence-electron chi connectivity index (χ4n) is 1.94. The molecule has 0 bridgehead atoms. The van der Waals surface area contributed by atoms with E-state index < -0.39 is 0 Å². The molecule has 14 heavy (non-hydrogen) atoms. The van der Waals surface area contributed by atoms with Crippen molar-refractivity contribution >= 4 is 0 Å². The molecule has 3 heteroatoms. The summed E-state index contributed by atoms with van der Waals surface area (Å²) in [6.07, 6.45) is 1.92. The van der Waals surface area contributed by atoms with Gasteiger partial charge >= 0.3 is 0 Å². The SMILES string of the molecule is CCNC1CC(OC(C)C)C1OCC. The molecule has 1 N–H and O–H groups in total. The molecule has 3 unspecified atom stereocenters. The van der Waals surface area contributed by atoms with Gasteiger partial charge in [0.1, 0.15) is 0 Å². The van der Waals surface area contributed by atoms with Crippen LogP contribution in [0.2, 0.25) is 0 Å². The lowest BCUT2D eigenvalue weighted by molar-refractivity contribution is -0.159. The van der Waals surface area contributed by atoms with Crippen LogP contribution < -0.4 is 5.32 Å². The van der Waals surface area contributed by atoms with Gasteiger partial charge in [-0.25, -0.2) is 0 Å². The normalized spacial score (nSPS) is 31.9. The lowest BCUT2D eigenvalue weighted by atomic mass is 9.85. The van der Waals surface area contributed by atoms with Crippen molar-refractivity contribution in [3.8, 4) is 0 Å². The topological polar surface area (TPSA) is 30.5 Å². The smallest absolute Gasteiger partial charge is 0.0990 e. The average molecular weight is 201 g/mol. The van der Waals surface area contributed by atoms with Gasteiger partial charge in [0, 0.05) is 12.6 Å². The first-order valence-electron chi connectivity index (χ1n) is 5.69. The van der Waals surface area contributed by atoms with E-state index in [1.165, 1.54) is 0 Å². The van der Waals surface area contributed by atoms with Gasteiger partial charge in [0.2, 0.25) is 0 Å². The van der Waals surface area contributed by atoms with E-state index in [-0.39, 0.29) is 6.10 Å². The Balaban J connectivity index is 2.33. The largest absolute Gasteiger partial charge is 0.374 e. The fraction of sp³-hybridized carbons (Fsp3) is 1.00. The predicted octanol–water partition coefficient (Wildman–Crippen LogP) is 1.57. The maximum absolute atomic E-state index is 5.76. The van der Waals surface area contributed by atoms with E-state index in [4.69, 9.17) is 9.47 Å². The molecule has 0 aliphatic heterocycles. The highest BCUT2D eigenvalue weighted by molar-refractivity contribution is 4.97. The minimum absolute atomic E-state index is 0.252. The summed E-state index contributed by atoms with van der Waals surface area (Å²) in [6.45, 7) is 10.1. The summed E-state index contributed by atoms with van der Waals surface area (Å²) in [7, 11) is 0. The maximum Gasteiger partial charge on any atom is 0.0990 e. The summed E-state index contributed by atoms with van der Waals surface area (Å²) >= 11 is 0. The van der Waals surface area contributed by atoms with Crippen molar-refractivity contribution in [2.24, 2.45) is 0 Å². The van der Waals surface area contributed by atoms with Crippen LogP contribution in [0.3, 0.4) is 0 Å². The molecular weight excluding hydrogens is 178 g/mol. The van der Waals surface area contributed by atoms with Crippen molar-refractivity contribution in [3.63, 3.8) is 0 Å². The summed E-state index contributed by atoms with van der Waals surface area (Å²) < 4.78 is 11.4. The average Bonchev–Trinajstić information content (AvgIpc) is 2.12. The van der Waals surface area contributed by atoms with Crippen molar-refractivity contribution in [1.82, 2.24) is 5.32 Å². The van der Waals surface area contributed by atoms with Crippen molar-refractivity contribution in [1.29, 1.82) is 0 Å². The molecule has 0 heterocycles. The van der Waals surface area contributed by atoms with E-state index in [0.717, 1.165) is 19.6 Å². The molecule has 0 aromatic rings. The Bertz CT molecular complexity index is 161. The predicted molar refractivity (Wildman–Crippen MR) is 57.5 cm³/mol. The fourth-order valence-corrected chi connectivity index (χ4v) is 1.94. The highest BCUT2D eigenvalue weighted by atomic mass is 16.5. The number of likely N-dealkylation sites (N-methyl/N-ethyl adjacent to an activating group) is 1. The second-order valence-electron chi connectivity index (χ2n) is 4.04. The molecule has 1 rings (SSSR count). The Morgan fingerprint density at radius 3 is 2.57 bits per heavy atom. The molecule has 0 spiro atoms. The molecule has 1 aliphatic rings. The number of rotatable bonds is 6.